The van der Waals surface area contributed by atoms with Crippen LogP contribution in [0, 0.1) is 0 Å². The minimum atomic E-state index is -0.673. The van der Waals surface area contributed by atoms with Gasteiger partial charge in [0.2, 0.25) is 5.91 Å². The van der Waals surface area contributed by atoms with E-state index in [1.54, 1.807) is 0 Å². The van der Waals surface area contributed by atoms with E-state index in [0.29, 0.717) is 6.04 Å². The number of imide groups is 1. The third-order valence-electron chi connectivity index (χ3n) is 6.02. The molecule has 2 aliphatic carbocycles. The van der Waals surface area contributed by atoms with Gasteiger partial charge in [-0.15, -0.1) is 0 Å². The van der Waals surface area contributed by atoms with Gasteiger partial charge in [0.05, 0.1) is 0 Å². The lowest BCUT2D eigenvalue weighted by atomic mass is 9.98. The highest BCUT2D eigenvalue weighted by molar-refractivity contribution is 6.07. The minimum absolute atomic E-state index is 0.0369. The molecule has 1 saturated heterocycles. The third kappa shape index (κ3) is 3.28. The molecule has 6 nitrogen and oxygen atoms in total. The van der Waals surface area contributed by atoms with Crippen molar-refractivity contribution in [2.75, 3.05) is 13.6 Å². The number of carbonyl (C=O) groups excluding carboxylic acids is 3. The molecule has 1 spiro atoms. The second kappa shape index (κ2) is 7.11. The summed E-state index contributed by atoms with van der Waals surface area (Å²) in [5.74, 6) is -0.0928. The maximum atomic E-state index is 12.6. The van der Waals surface area contributed by atoms with E-state index >= 15 is 0 Å². The third-order valence-corrected chi connectivity index (χ3v) is 6.02. The number of rotatable bonds is 4. The molecule has 1 aliphatic heterocycles. The Labute approximate surface area is 143 Å². The highest BCUT2D eigenvalue weighted by Gasteiger charge is 2.52. The van der Waals surface area contributed by atoms with Crippen molar-refractivity contribution in [2.24, 2.45) is 0 Å². The smallest absolute Gasteiger partial charge is 0.325 e. The maximum absolute atomic E-state index is 12.6. The molecule has 24 heavy (non-hydrogen) atoms. The fourth-order valence-corrected chi connectivity index (χ4v) is 4.43. The first kappa shape index (κ1) is 17.2. The quantitative estimate of drug-likeness (QED) is 0.633. The number of hydrogen-bond acceptors (Lipinski definition) is 3. The van der Waals surface area contributed by atoms with Crippen molar-refractivity contribution in [1.82, 2.24) is 15.1 Å². The molecule has 0 aromatic rings. The number of hydrogen-bond donors (Lipinski definition) is 1. The monoisotopic (exact) mass is 335 g/mol. The number of urea groups is 1. The van der Waals surface area contributed by atoms with Crippen molar-refractivity contribution in [3.05, 3.63) is 0 Å². The first-order valence-electron chi connectivity index (χ1n) is 9.43. The predicted molar refractivity (Wildman–Crippen MR) is 90.3 cm³/mol. The molecule has 0 radical (unpaired) electrons. The molecular weight excluding hydrogens is 306 g/mol. The van der Waals surface area contributed by atoms with E-state index in [1.807, 2.05) is 11.9 Å². The summed E-state index contributed by atoms with van der Waals surface area (Å²) in [5.41, 5.74) is -0.673. The molecule has 0 bridgehead atoms. The normalized spacial score (nSPS) is 24.3. The van der Waals surface area contributed by atoms with Gasteiger partial charge in [-0.3, -0.25) is 14.5 Å². The van der Waals surface area contributed by atoms with Gasteiger partial charge in [0, 0.05) is 26.1 Å². The summed E-state index contributed by atoms with van der Waals surface area (Å²) in [4.78, 5) is 40.3. The van der Waals surface area contributed by atoms with E-state index in [1.165, 1.54) is 30.6 Å². The molecule has 0 aromatic heterocycles. The topological polar surface area (TPSA) is 69.7 Å². The molecular formula is C18H29N3O3. The van der Waals surface area contributed by atoms with Crippen molar-refractivity contribution in [2.45, 2.75) is 82.2 Å². The summed E-state index contributed by atoms with van der Waals surface area (Å²) >= 11 is 0. The maximum Gasteiger partial charge on any atom is 0.325 e. The van der Waals surface area contributed by atoms with Crippen molar-refractivity contribution >= 4 is 17.8 Å². The van der Waals surface area contributed by atoms with Gasteiger partial charge in [-0.1, -0.05) is 38.5 Å². The van der Waals surface area contributed by atoms with Crippen LogP contribution in [-0.4, -0.2) is 52.8 Å². The molecule has 2 saturated carbocycles. The lowest BCUT2D eigenvalue weighted by Crippen LogP contribution is -2.44. The Morgan fingerprint density at radius 1 is 1.12 bits per heavy atom. The van der Waals surface area contributed by atoms with E-state index < -0.39 is 5.54 Å². The van der Waals surface area contributed by atoms with Gasteiger partial charge in [-0.25, -0.2) is 4.79 Å². The van der Waals surface area contributed by atoms with Crippen molar-refractivity contribution in [3.63, 3.8) is 0 Å². The molecule has 0 aromatic carbocycles. The lowest BCUT2D eigenvalue weighted by molar-refractivity contribution is -0.134. The van der Waals surface area contributed by atoms with Crippen LogP contribution in [0.3, 0.4) is 0 Å². The van der Waals surface area contributed by atoms with Crippen molar-refractivity contribution in [3.8, 4) is 0 Å². The highest BCUT2D eigenvalue weighted by atomic mass is 16.2. The molecule has 3 rings (SSSR count). The summed E-state index contributed by atoms with van der Waals surface area (Å²) in [6.07, 6.45) is 10.6. The molecule has 6 heteroatoms. The van der Waals surface area contributed by atoms with Crippen molar-refractivity contribution < 1.29 is 14.4 Å². The molecule has 0 unspecified atom stereocenters. The van der Waals surface area contributed by atoms with E-state index in [2.05, 4.69) is 5.32 Å². The van der Waals surface area contributed by atoms with Crippen LogP contribution < -0.4 is 5.32 Å². The van der Waals surface area contributed by atoms with Gasteiger partial charge in [-0.2, -0.15) is 0 Å². The van der Waals surface area contributed by atoms with Crippen LogP contribution >= 0.6 is 0 Å². The standard InChI is InChI=1S/C18H29N3O3/c1-20(14-8-4-2-3-5-9-14)15(22)10-13-21-16(23)18(19-17(21)24)11-6-7-12-18/h14H,2-13H2,1H3,(H,19,24). The Hall–Kier alpha value is -1.59. The first-order chi connectivity index (χ1) is 11.5. The second-order valence-electron chi connectivity index (χ2n) is 7.58. The largest absolute Gasteiger partial charge is 0.343 e. The van der Waals surface area contributed by atoms with Gasteiger partial charge in [0.15, 0.2) is 0 Å². The molecule has 4 amide bonds. The van der Waals surface area contributed by atoms with Crippen molar-refractivity contribution in [1.29, 1.82) is 0 Å². The Balaban J connectivity index is 1.54. The average molecular weight is 335 g/mol. The first-order valence-corrected chi connectivity index (χ1v) is 9.43. The average Bonchev–Trinajstić information content (AvgIpc) is 2.99. The van der Waals surface area contributed by atoms with E-state index in [9.17, 15) is 14.4 Å². The van der Waals surface area contributed by atoms with E-state index in [4.69, 9.17) is 0 Å². The molecule has 134 valence electrons. The van der Waals surface area contributed by atoms with Gasteiger partial charge in [0.1, 0.15) is 5.54 Å². The van der Waals surface area contributed by atoms with Crippen LogP contribution in [0.25, 0.3) is 0 Å². The van der Waals surface area contributed by atoms with Crippen LogP contribution in [-0.2, 0) is 9.59 Å². The fourth-order valence-electron chi connectivity index (χ4n) is 4.43. The zero-order valence-corrected chi connectivity index (χ0v) is 14.7. The summed E-state index contributed by atoms with van der Waals surface area (Å²) in [5, 5.41) is 2.87. The number of nitrogens with zero attached hydrogens (tertiary/aromatic N) is 2. The zero-order valence-electron chi connectivity index (χ0n) is 14.7. The highest BCUT2D eigenvalue weighted by Crippen LogP contribution is 2.35. The molecule has 3 fully saturated rings. The van der Waals surface area contributed by atoms with Gasteiger partial charge in [0.25, 0.3) is 5.91 Å². The number of nitrogens with one attached hydrogen (secondary N) is 1. The molecule has 3 aliphatic rings. The SMILES string of the molecule is CN(C(=O)CCN1C(=O)NC2(CCCC2)C1=O)C1CCCCCC1. The lowest BCUT2D eigenvalue weighted by Gasteiger charge is -2.28. The fraction of sp³-hybridized carbons (Fsp3) is 0.833. The van der Waals surface area contributed by atoms with E-state index in [-0.39, 0.29) is 30.8 Å². The van der Waals surface area contributed by atoms with Crippen LogP contribution in [0.1, 0.15) is 70.6 Å². The Morgan fingerprint density at radius 3 is 2.38 bits per heavy atom. The summed E-state index contributed by atoms with van der Waals surface area (Å²) in [7, 11) is 1.86. The van der Waals surface area contributed by atoms with Gasteiger partial charge in [-0.05, 0) is 25.7 Å². The van der Waals surface area contributed by atoms with Crippen LogP contribution in [0.4, 0.5) is 4.79 Å². The summed E-state index contributed by atoms with van der Waals surface area (Å²) < 4.78 is 0. The second-order valence-corrected chi connectivity index (χ2v) is 7.58. The Kier molecular flexibility index (Phi) is 5.11. The van der Waals surface area contributed by atoms with Crippen LogP contribution in [0.15, 0.2) is 0 Å². The Bertz CT molecular complexity index is 506. The van der Waals surface area contributed by atoms with Crippen LogP contribution in [0.2, 0.25) is 0 Å². The van der Waals surface area contributed by atoms with E-state index in [0.717, 1.165) is 38.5 Å². The Morgan fingerprint density at radius 2 is 1.75 bits per heavy atom. The molecule has 1 heterocycles. The number of carbonyl (C=O) groups is 3. The van der Waals surface area contributed by atoms with Crippen LogP contribution in [0.5, 0.6) is 0 Å². The van der Waals surface area contributed by atoms with Gasteiger partial charge >= 0.3 is 6.03 Å². The molecule has 1 N–H and O–H groups in total. The molecule has 0 atom stereocenters. The zero-order chi connectivity index (χ0) is 17.2. The minimum Gasteiger partial charge on any atom is -0.343 e. The predicted octanol–water partition coefficient (Wildman–Crippen LogP) is 2.42. The summed E-state index contributed by atoms with van der Waals surface area (Å²) in [6.45, 7) is 0.197. The number of amides is 4. The van der Waals surface area contributed by atoms with Gasteiger partial charge < -0.3 is 10.2 Å². The summed E-state index contributed by atoms with van der Waals surface area (Å²) in [6, 6.07) is -0.0175.